The summed E-state index contributed by atoms with van der Waals surface area (Å²) in [5.41, 5.74) is 6.19. The molecule has 1 atom stereocenters. The molecule has 0 saturated carbocycles. The Bertz CT molecular complexity index is 395. The molecular weight excluding hydrogens is 243 g/mol. The normalized spacial score (nSPS) is 12.2. The minimum atomic E-state index is -0.277. The highest BCUT2D eigenvalue weighted by molar-refractivity contribution is 5.76. The summed E-state index contributed by atoms with van der Waals surface area (Å²) in [5, 5.41) is 2.88. The first kappa shape index (κ1) is 15.6. The third-order valence-electron chi connectivity index (χ3n) is 3.08. The second-order valence-corrected chi connectivity index (χ2v) is 4.80. The number of halogens is 1. The average molecular weight is 266 g/mol. The van der Waals surface area contributed by atoms with E-state index in [2.05, 4.69) is 5.32 Å². The van der Waals surface area contributed by atoms with Gasteiger partial charge in [0.2, 0.25) is 5.91 Å². The van der Waals surface area contributed by atoms with Crippen molar-refractivity contribution in [1.82, 2.24) is 5.32 Å². The molecule has 0 aliphatic heterocycles. The molecule has 1 unspecified atom stereocenters. The van der Waals surface area contributed by atoms with Gasteiger partial charge < -0.3 is 11.1 Å². The van der Waals surface area contributed by atoms with Crippen LogP contribution in [-0.4, -0.2) is 12.5 Å². The SMILES string of the molecule is CC(NC(=O)CCCCCCN)c1cccc(F)c1. The molecule has 1 amide bonds. The van der Waals surface area contributed by atoms with Gasteiger partial charge in [0.25, 0.3) is 0 Å². The molecule has 19 heavy (non-hydrogen) atoms. The van der Waals surface area contributed by atoms with Gasteiger partial charge in [-0.1, -0.05) is 25.0 Å². The molecule has 0 heterocycles. The number of carbonyl (C=O) groups is 1. The summed E-state index contributed by atoms with van der Waals surface area (Å²) in [6.45, 7) is 2.57. The molecule has 106 valence electrons. The van der Waals surface area contributed by atoms with E-state index in [9.17, 15) is 9.18 Å². The number of unbranched alkanes of at least 4 members (excludes halogenated alkanes) is 3. The minimum absolute atomic E-state index is 0.0181. The number of hydrogen-bond donors (Lipinski definition) is 2. The molecular formula is C15H23FN2O. The predicted octanol–water partition coefficient (Wildman–Crippen LogP) is 2.91. The average Bonchev–Trinajstić information content (AvgIpc) is 2.38. The fourth-order valence-corrected chi connectivity index (χ4v) is 1.96. The Morgan fingerprint density at radius 3 is 2.74 bits per heavy atom. The standard InChI is InChI=1S/C15H23FN2O/c1-12(13-7-6-8-14(16)11-13)18-15(19)9-4-2-3-5-10-17/h6-8,11-12H,2-5,9-10,17H2,1H3,(H,18,19). The van der Waals surface area contributed by atoms with Gasteiger partial charge in [-0.3, -0.25) is 4.79 Å². The van der Waals surface area contributed by atoms with Crippen LogP contribution in [0, 0.1) is 5.82 Å². The highest BCUT2D eigenvalue weighted by Gasteiger charge is 2.09. The van der Waals surface area contributed by atoms with Crippen LogP contribution in [0.5, 0.6) is 0 Å². The largest absolute Gasteiger partial charge is 0.350 e. The molecule has 0 aromatic heterocycles. The first-order chi connectivity index (χ1) is 9.13. The topological polar surface area (TPSA) is 55.1 Å². The second-order valence-electron chi connectivity index (χ2n) is 4.80. The second kappa shape index (κ2) is 8.64. The maximum atomic E-state index is 13.1. The number of benzene rings is 1. The molecule has 0 bridgehead atoms. The van der Waals surface area contributed by atoms with Gasteiger partial charge in [-0.05, 0) is 44.0 Å². The Kier molecular flexibility index (Phi) is 7.11. The van der Waals surface area contributed by atoms with E-state index in [-0.39, 0.29) is 17.8 Å². The molecule has 3 nitrogen and oxygen atoms in total. The van der Waals surface area contributed by atoms with E-state index < -0.39 is 0 Å². The quantitative estimate of drug-likeness (QED) is 0.711. The Balaban J connectivity index is 2.28. The van der Waals surface area contributed by atoms with Gasteiger partial charge in [-0.25, -0.2) is 4.39 Å². The Morgan fingerprint density at radius 1 is 1.32 bits per heavy atom. The molecule has 1 rings (SSSR count). The Morgan fingerprint density at radius 2 is 2.05 bits per heavy atom. The molecule has 0 fully saturated rings. The molecule has 3 N–H and O–H groups in total. The van der Waals surface area contributed by atoms with Crippen LogP contribution in [0.1, 0.15) is 50.6 Å². The summed E-state index contributed by atoms with van der Waals surface area (Å²) in [5.74, 6) is -0.259. The van der Waals surface area contributed by atoms with Crippen LogP contribution in [0.25, 0.3) is 0 Å². The number of rotatable bonds is 8. The number of carbonyl (C=O) groups excluding carboxylic acids is 1. The third kappa shape index (κ3) is 6.34. The highest BCUT2D eigenvalue weighted by atomic mass is 19.1. The van der Waals surface area contributed by atoms with Gasteiger partial charge in [0.05, 0.1) is 6.04 Å². The van der Waals surface area contributed by atoms with Crippen molar-refractivity contribution < 1.29 is 9.18 Å². The fraction of sp³-hybridized carbons (Fsp3) is 0.533. The zero-order valence-electron chi connectivity index (χ0n) is 11.5. The number of hydrogen-bond acceptors (Lipinski definition) is 2. The van der Waals surface area contributed by atoms with Crippen molar-refractivity contribution in [1.29, 1.82) is 0 Å². The van der Waals surface area contributed by atoms with E-state index in [1.54, 1.807) is 6.07 Å². The number of nitrogens with two attached hydrogens (primary N) is 1. The van der Waals surface area contributed by atoms with Crippen LogP contribution >= 0.6 is 0 Å². The number of amides is 1. The molecule has 0 aliphatic carbocycles. The van der Waals surface area contributed by atoms with Crippen molar-refractivity contribution in [3.05, 3.63) is 35.6 Å². The van der Waals surface area contributed by atoms with Crippen molar-refractivity contribution in [2.45, 2.75) is 45.1 Å². The van der Waals surface area contributed by atoms with Crippen molar-refractivity contribution in [2.75, 3.05) is 6.54 Å². The van der Waals surface area contributed by atoms with E-state index in [0.29, 0.717) is 13.0 Å². The summed E-state index contributed by atoms with van der Waals surface area (Å²) in [6.07, 6.45) is 4.51. The summed E-state index contributed by atoms with van der Waals surface area (Å²) in [7, 11) is 0. The fourth-order valence-electron chi connectivity index (χ4n) is 1.96. The lowest BCUT2D eigenvalue weighted by atomic mass is 10.1. The molecule has 1 aromatic rings. The van der Waals surface area contributed by atoms with Gasteiger partial charge in [-0.2, -0.15) is 0 Å². The maximum absolute atomic E-state index is 13.1. The Hall–Kier alpha value is -1.42. The lowest BCUT2D eigenvalue weighted by molar-refractivity contribution is -0.121. The summed E-state index contributed by atoms with van der Waals surface area (Å²) in [6, 6.07) is 6.16. The molecule has 0 aliphatic rings. The smallest absolute Gasteiger partial charge is 0.220 e. The van der Waals surface area contributed by atoms with Crippen LogP contribution in [-0.2, 0) is 4.79 Å². The van der Waals surface area contributed by atoms with Crippen molar-refractivity contribution in [2.24, 2.45) is 5.73 Å². The van der Waals surface area contributed by atoms with Crippen LogP contribution in [0.2, 0.25) is 0 Å². The van der Waals surface area contributed by atoms with E-state index in [4.69, 9.17) is 5.73 Å². The van der Waals surface area contributed by atoms with Crippen LogP contribution < -0.4 is 11.1 Å². The first-order valence-corrected chi connectivity index (χ1v) is 6.88. The molecule has 0 radical (unpaired) electrons. The lowest BCUT2D eigenvalue weighted by Crippen LogP contribution is -2.26. The van der Waals surface area contributed by atoms with E-state index >= 15 is 0 Å². The molecule has 0 saturated heterocycles. The van der Waals surface area contributed by atoms with Crippen molar-refractivity contribution >= 4 is 5.91 Å². The minimum Gasteiger partial charge on any atom is -0.350 e. The van der Waals surface area contributed by atoms with Gasteiger partial charge >= 0.3 is 0 Å². The molecule has 0 spiro atoms. The van der Waals surface area contributed by atoms with Gasteiger partial charge in [0.15, 0.2) is 0 Å². The Labute approximate surface area is 114 Å². The summed E-state index contributed by atoms with van der Waals surface area (Å²) in [4.78, 5) is 11.7. The van der Waals surface area contributed by atoms with Crippen molar-refractivity contribution in [3.8, 4) is 0 Å². The highest BCUT2D eigenvalue weighted by Crippen LogP contribution is 2.14. The van der Waals surface area contributed by atoms with Gasteiger partial charge in [0, 0.05) is 6.42 Å². The van der Waals surface area contributed by atoms with Gasteiger partial charge in [-0.15, -0.1) is 0 Å². The van der Waals surface area contributed by atoms with E-state index in [1.807, 2.05) is 13.0 Å². The van der Waals surface area contributed by atoms with Crippen LogP contribution in [0.15, 0.2) is 24.3 Å². The zero-order valence-corrected chi connectivity index (χ0v) is 11.5. The number of nitrogens with one attached hydrogen (secondary N) is 1. The first-order valence-electron chi connectivity index (χ1n) is 6.88. The van der Waals surface area contributed by atoms with Gasteiger partial charge in [0.1, 0.15) is 5.82 Å². The summed E-state index contributed by atoms with van der Waals surface area (Å²) < 4.78 is 13.1. The van der Waals surface area contributed by atoms with E-state index in [0.717, 1.165) is 31.2 Å². The van der Waals surface area contributed by atoms with Crippen molar-refractivity contribution in [3.63, 3.8) is 0 Å². The third-order valence-corrected chi connectivity index (χ3v) is 3.08. The van der Waals surface area contributed by atoms with Crippen LogP contribution in [0.3, 0.4) is 0 Å². The predicted molar refractivity (Wildman–Crippen MR) is 75.1 cm³/mol. The van der Waals surface area contributed by atoms with E-state index in [1.165, 1.54) is 12.1 Å². The lowest BCUT2D eigenvalue weighted by Gasteiger charge is -2.14. The van der Waals surface area contributed by atoms with Crippen LogP contribution in [0.4, 0.5) is 4.39 Å². The maximum Gasteiger partial charge on any atom is 0.220 e. The monoisotopic (exact) mass is 266 g/mol. The molecule has 1 aromatic carbocycles. The summed E-state index contributed by atoms with van der Waals surface area (Å²) >= 11 is 0. The molecule has 4 heteroatoms. The zero-order chi connectivity index (χ0) is 14.1.